The zero-order chi connectivity index (χ0) is 19.7. The second kappa shape index (κ2) is 7.82. The maximum absolute atomic E-state index is 12.5. The Morgan fingerprint density at radius 2 is 2.33 bits per heavy atom. The average molecular weight is 412 g/mol. The molecule has 3 rings (SSSR count). The number of amides is 1. The molecule has 1 saturated heterocycles. The lowest BCUT2D eigenvalue weighted by Gasteiger charge is -2.47. The molecule has 1 amide bonds. The quantitative estimate of drug-likeness (QED) is 0.220. The number of aliphatic hydroxyl groups is 1. The Labute approximate surface area is 163 Å². The molecule has 0 radical (unpaired) electrons. The van der Waals surface area contributed by atoms with E-state index in [0.29, 0.717) is 23.6 Å². The van der Waals surface area contributed by atoms with Crippen LogP contribution < -0.4 is 11.1 Å². The highest BCUT2D eigenvalue weighted by Crippen LogP contribution is 2.52. The standard InChI is InChI=1S/C15H20N6O4S2/c1-6(22)9-10-8(2-3-18-15(16)17)12(26-4-7-5-27-20-19-7)11(14(24)25)21(10)13(9)23/h5-6,8-10,22H,2-4H2,1H3,(H,24,25)(H4,16,17,18)/t6-,8-,9-,10-/m1/s1. The first-order chi connectivity index (χ1) is 12.8. The fraction of sp³-hybridized carbons (Fsp3) is 0.533. The first-order valence-corrected chi connectivity index (χ1v) is 10.1. The van der Waals surface area contributed by atoms with Crippen LogP contribution in [0.2, 0.25) is 0 Å². The van der Waals surface area contributed by atoms with Crippen LogP contribution in [-0.2, 0) is 15.3 Å². The lowest BCUT2D eigenvalue weighted by atomic mass is 9.77. The summed E-state index contributed by atoms with van der Waals surface area (Å²) in [5.74, 6) is -2.18. The van der Waals surface area contributed by atoms with Crippen LogP contribution >= 0.6 is 23.3 Å². The van der Waals surface area contributed by atoms with Crippen LogP contribution in [0, 0.1) is 17.2 Å². The average Bonchev–Trinajstić information content (AvgIpc) is 3.17. The molecule has 0 aliphatic carbocycles. The van der Waals surface area contributed by atoms with Gasteiger partial charge in [0, 0.05) is 28.5 Å². The van der Waals surface area contributed by atoms with Gasteiger partial charge in [0.25, 0.3) is 0 Å². The molecule has 10 nitrogen and oxygen atoms in total. The number of guanidine groups is 1. The molecule has 0 saturated carbocycles. The summed E-state index contributed by atoms with van der Waals surface area (Å²) in [6.07, 6.45) is -0.393. The Balaban J connectivity index is 1.88. The van der Waals surface area contributed by atoms with Crippen molar-refractivity contribution in [1.29, 1.82) is 5.41 Å². The van der Waals surface area contributed by atoms with E-state index >= 15 is 0 Å². The summed E-state index contributed by atoms with van der Waals surface area (Å²) >= 11 is 2.54. The van der Waals surface area contributed by atoms with E-state index in [0.717, 1.165) is 5.69 Å². The minimum Gasteiger partial charge on any atom is -0.477 e. The third-order valence-corrected chi connectivity index (χ3v) is 6.49. The first-order valence-electron chi connectivity index (χ1n) is 8.28. The van der Waals surface area contributed by atoms with E-state index in [1.165, 1.54) is 35.1 Å². The summed E-state index contributed by atoms with van der Waals surface area (Å²) in [4.78, 5) is 26.2. The summed E-state index contributed by atoms with van der Waals surface area (Å²) in [5.41, 5.74) is 6.03. The normalized spacial score (nSPS) is 25.2. The number of nitrogens with two attached hydrogens (primary N) is 1. The third kappa shape index (κ3) is 3.64. The number of carboxylic acids is 1. The van der Waals surface area contributed by atoms with Gasteiger partial charge in [-0.3, -0.25) is 10.2 Å². The molecule has 0 spiro atoms. The SMILES string of the molecule is C[C@@H](O)[C@H]1C(=O)N2C(C(=O)O)=C(SCc3csnn3)[C@H](CCNC(=N)N)[C@H]12. The summed E-state index contributed by atoms with van der Waals surface area (Å²) in [7, 11) is 0. The summed E-state index contributed by atoms with van der Waals surface area (Å²) in [5, 5.41) is 35.5. The monoisotopic (exact) mass is 412 g/mol. The van der Waals surface area contributed by atoms with Gasteiger partial charge >= 0.3 is 5.97 Å². The molecule has 2 aliphatic rings. The number of carboxylic acid groups (broad SMARTS) is 1. The van der Waals surface area contributed by atoms with Crippen molar-refractivity contribution in [1.82, 2.24) is 19.8 Å². The number of carbonyl (C=O) groups is 2. The molecule has 1 fully saturated rings. The maximum Gasteiger partial charge on any atom is 0.353 e. The summed E-state index contributed by atoms with van der Waals surface area (Å²) in [6.45, 7) is 1.90. The van der Waals surface area contributed by atoms with Gasteiger partial charge in [-0.2, -0.15) is 0 Å². The number of hydrogen-bond acceptors (Lipinski definition) is 8. The molecule has 2 aliphatic heterocycles. The van der Waals surface area contributed by atoms with Gasteiger partial charge in [-0.25, -0.2) is 4.79 Å². The minimum atomic E-state index is -1.17. The van der Waals surface area contributed by atoms with Crippen molar-refractivity contribution < 1.29 is 19.8 Å². The number of hydrogen-bond donors (Lipinski definition) is 5. The minimum absolute atomic E-state index is 0.0251. The van der Waals surface area contributed by atoms with Crippen molar-refractivity contribution >= 4 is 41.1 Å². The molecular formula is C15H20N6O4S2. The molecule has 1 aromatic rings. The fourth-order valence-corrected chi connectivity index (χ4v) is 5.40. The van der Waals surface area contributed by atoms with Crippen LogP contribution in [0.4, 0.5) is 0 Å². The predicted molar refractivity (Wildman–Crippen MR) is 99.7 cm³/mol. The van der Waals surface area contributed by atoms with Crippen molar-refractivity contribution in [2.45, 2.75) is 31.2 Å². The van der Waals surface area contributed by atoms with Gasteiger partial charge in [-0.05, 0) is 24.9 Å². The summed E-state index contributed by atoms with van der Waals surface area (Å²) in [6, 6.07) is -0.409. The number of nitrogens with one attached hydrogen (secondary N) is 2. The number of aliphatic hydroxyl groups excluding tert-OH is 1. The highest BCUT2D eigenvalue weighted by Gasteiger charge is 2.60. The van der Waals surface area contributed by atoms with Crippen LogP contribution in [0.5, 0.6) is 0 Å². The van der Waals surface area contributed by atoms with Crippen LogP contribution in [0.1, 0.15) is 19.0 Å². The highest BCUT2D eigenvalue weighted by molar-refractivity contribution is 8.02. The van der Waals surface area contributed by atoms with E-state index in [-0.39, 0.29) is 23.5 Å². The van der Waals surface area contributed by atoms with E-state index in [9.17, 15) is 19.8 Å². The Hall–Kier alpha value is -2.18. The van der Waals surface area contributed by atoms with Crippen LogP contribution in [0.25, 0.3) is 0 Å². The van der Waals surface area contributed by atoms with Gasteiger partial charge < -0.3 is 26.2 Å². The number of β-lactam (4-membered cyclic amide) rings is 1. The number of aromatic nitrogens is 2. The molecule has 6 N–H and O–H groups in total. The third-order valence-electron chi connectivity index (χ3n) is 4.69. The molecule has 27 heavy (non-hydrogen) atoms. The van der Waals surface area contributed by atoms with E-state index < -0.39 is 24.0 Å². The molecule has 0 aromatic carbocycles. The fourth-order valence-electron chi connectivity index (χ4n) is 3.61. The van der Waals surface area contributed by atoms with Gasteiger partial charge in [-0.1, -0.05) is 4.49 Å². The zero-order valence-electron chi connectivity index (χ0n) is 14.5. The Bertz CT molecular complexity index is 781. The largest absolute Gasteiger partial charge is 0.477 e. The van der Waals surface area contributed by atoms with Crippen molar-refractivity contribution in [3.63, 3.8) is 0 Å². The molecule has 0 bridgehead atoms. The van der Waals surface area contributed by atoms with Crippen molar-refractivity contribution in [3.05, 3.63) is 21.7 Å². The zero-order valence-corrected chi connectivity index (χ0v) is 16.1. The molecule has 12 heteroatoms. The first kappa shape index (κ1) is 19.6. The molecule has 146 valence electrons. The number of carbonyl (C=O) groups excluding carboxylic acids is 1. The van der Waals surface area contributed by atoms with Gasteiger partial charge in [0.2, 0.25) is 5.91 Å². The number of aliphatic carboxylic acids is 1. The van der Waals surface area contributed by atoms with Gasteiger partial charge in [0.05, 0.1) is 23.8 Å². The second-order valence-corrected chi connectivity index (χ2v) is 8.03. The molecule has 3 heterocycles. The van der Waals surface area contributed by atoms with Crippen LogP contribution in [-0.4, -0.2) is 61.2 Å². The van der Waals surface area contributed by atoms with E-state index in [1.807, 2.05) is 0 Å². The highest BCUT2D eigenvalue weighted by atomic mass is 32.2. The molecular weight excluding hydrogens is 392 g/mol. The second-order valence-electron chi connectivity index (χ2n) is 6.40. The predicted octanol–water partition coefficient (Wildman–Crippen LogP) is -0.222. The topological polar surface area (TPSA) is 166 Å². The molecule has 1 aromatic heterocycles. The van der Waals surface area contributed by atoms with E-state index in [1.54, 1.807) is 5.38 Å². The van der Waals surface area contributed by atoms with Gasteiger partial charge in [-0.15, -0.1) is 16.9 Å². The van der Waals surface area contributed by atoms with E-state index in [4.69, 9.17) is 11.1 Å². The Kier molecular flexibility index (Phi) is 5.67. The van der Waals surface area contributed by atoms with Crippen LogP contribution in [0.3, 0.4) is 0 Å². The maximum atomic E-state index is 12.5. The molecule has 0 unspecified atom stereocenters. The Morgan fingerprint density at radius 3 is 2.89 bits per heavy atom. The lowest BCUT2D eigenvalue weighted by Crippen LogP contribution is -2.64. The number of thioether (sulfide) groups is 1. The van der Waals surface area contributed by atoms with Crippen molar-refractivity contribution in [3.8, 4) is 0 Å². The lowest BCUT2D eigenvalue weighted by molar-refractivity contribution is -0.163. The molecule has 4 atom stereocenters. The Morgan fingerprint density at radius 1 is 1.59 bits per heavy atom. The van der Waals surface area contributed by atoms with Crippen molar-refractivity contribution in [2.24, 2.45) is 17.6 Å². The van der Waals surface area contributed by atoms with Gasteiger partial charge in [0.1, 0.15) is 5.70 Å². The smallest absolute Gasteiger partial charge is 0.353 e. The van der Waals surface area contributed by atoms with E-state index in [2.05, 4.69) is 14.9 Å². The number of nitrogens with zero attached hydrogens (tertiary/aromatic N) is 3. The summed E-state index contributed by atoms with van der Waals surface area (Å²) < 4.78 is 3.80. The van der Waals surface area contributed by atoms with Crippen LogP contribution in [0.15, 0.2) is 16.0 Å². The number of rotatable bonds is 8. The van der Waals surface area contributed by atoms with Gasteiger partial charge in [0.15, 0.2) is 5.96 Å². The number of fused-ring (bicyclic) bond motifs is 1. The van der Waals surface area contributed by atoms with Crippen molar-refractivity contribution in [2.75, 3.05) is 6.54 Å².